The Kier molecular flexibility index (Phi) is 4.30. The van der Waals surface area contributed by atoms with E-state index >= 15 is 0 Å². The minimum atomic E-state index is 0.388. The Balaban J connectivity index is 2.23. The van der Waals surface area contributed by atoms with Crippen molar-refractivity contribution in [3.05, 3.63) is 28.2 Å². The quantitative estimate of drug-likeness (QED) is 0.929. The third-order valence-electron chi connectivity index (χ3n) is 3.73. The van der Waals surface area contributed by atoms with Crippen molar-refractivity contribution in [3.63, 3.8) is 0 Å². The van der Waals surface area contributed by atoms with Crippen molar-refractivity contribution in [2.24, 2.45) is 11.7 Å². The molecule has 1 aromatic carbocycles. The van der Waals surface area contributed by atoms with Crippen LogP contribution in [0.15, 0.2) is 22.7 Å². The third kappa shape index (κ3) is 2.71. The van der Waals surface area contributed by atoms with Crippen LogP contribution in [-0.4, -0.2) is 32.1 Å². The first-order chi connectivity index (χ1) is 8.52. The van der Waals surface area contributed by atoms with E-state index in [1.807, 2.05) is 6.07 Å². The van der Waals surface area contributed by atoms with Gasteiger partial charge >= 0.3 is 0 Å². The molecule has 18 heavy (non-hydrogen) atoms. The molecule has 2 rings (SSSR count). The molecule has 0 amide bonds. The SMILES string of the molecule is COc1ccc(C(C2CC(N)C2)N(C)C)cc1Br. The molecule has 1 aliphatic rings. The Morgan fingerprint density at radius 2 is 2.06 bits per heavy atom. The maximum absolute atomic E-state index is 5.91. The lowest BCUT2D eigenvalue weighted by atomic mass is 9.73. The van der Waals surface area contributed by atoms with Crippen LogP contribution in [0, 0.1) is 5.92 Å². The molecule has 100 valence electrons. The first-order valence-corrected chi connectivity index (χ1v) is 7.07. The first-order valence-electron chi connectivity index (χ1n) is 6.28. The van der Waals surface area contributed by atoms with Gasteiger partial charge in [-0.05, 0) is 66.5 Å². The number of ether oxygens (including phenoxy) is 1. The second-order valence-electron chi connectivity index (χ2n) is 5.29. The highest BCUT2D eigenvalue weighted by Crippen LogP contribution is 2.41. The van der Waals surface area contributed by atoms with Crippen molar-refractivity contribution in [2.45, 2.75) is 24.9 Å². The van der Waals surface area contributed by atoms with Crippen molar-refractivity contribution in [1.29, 1.82) is 0 Å². The van der Waals surface area contributed by atoms with E-state index in [0.717, 1.165) is 23.1 Å². The molecule has 1 atom stereocenters. The molecule has 1 unspecified atom stereocenters. The molecule has 0 aromatic heterocycles. The van der Waals surface area contributed by atoms with Crippen LogP contribution in [0.3, 0.4) is 0 Å². The molecule has 0 saturated heterocycles. The fourth-order valence-electron chi connectivity index (χ4n) is 2.83. The van der Waals surface area contributed by atoms with Crippen molar-refractivity contribution >= 4 is 15.9 Å². The number of hydrogen-bond acceptors (Lipinski definition) is 3. The Morgan fingerprint density at radius 1 is 1.39 bits per heavy atom. The molecule has 1 aromatic rings. The molecular weight excluding hydrogens is 292 g/mol. The van der Waals surface area contributed by atoms with Gasteiger partial charge in [-0.15, -0.1) is 0 Å². The molecule has 0 radical (unpaired) electrons. The van der Waals surface area contributed by atoms with Crippen LogP contribution in [-0.2, 0) is 0 Å². The number of methoxy groups -OCH3 is 1. The lowest BCUT2D eigenvalue weighted by molar-refractivity contribution is 0.123. The van der Waals surface area contributed by atoms with Crippen LogP contribution < -0.4 is 10.5 Å². The molecule has 0 aliphatic heterocycles. The molecule has 2 N–H and O–H groups in total. The lowest BCUT2D eigenvalue weighted by Gasteiger charge is -2.42. The zero-order valence-corrected chi connectivity index (χ0v) is 12.8. The normalized spacial score (nSPS) is 24.8. The summed E-state index contributed by atoms with van der Waals surface area (Å²) in [6.45, 7) is 0. The summed E-state index contributed by atoms with van der Waals surface area (Å²) in [5.74, 6) is 1.54. The Labute approximate surface area is 117 Å². The van der Waals surface area contributed by atoms with E-state index in [-0.39, 0.29) is 0 Å². The van der Waals surface area contributed by atoms with E-state index in [0.29, 0.717) is 18.0 Å². The van der Waals surface area contributed by atoms with E-state index in [1.165, 1.54) is 5.56 Å². The number of benzene rings is 1. The average Bonchev–Trinajstić information content (AvgIpc) is 2.27. The van der Waals surface area contributed by atoms with Crippen molar-refractivity contribution in [1.82, 2.24) is 4.90 Å². The van der Waals surface area contributed by atoms with E-state index in [4.69, 9.17) is 10.5 Å². The maximum atomic E-state index is 5.91. The predicted octanol–water partition coefficient (Wildman–Crippen LogP) is 2.80. The van der Waals surface area contributed by atoms with Crippen LogP contribution in [0.1, 0.15) is 24.4 Å². The molecule has 1 saturated carbocycles. The first kappa shape index (κ1) is 13.8. The minimum Gasteiger partial charge on any atom is -0.496 e. The van der Waals surface area contributed by atoms with Crippen LogP contribution in [0.4, 0.5) is 0 Å². The van der Waals surface area contributed by atoms with E-state index < -0.39 is 0 Å². The van der Waals surface area contributed by atoms with Crippen LogP contribution in [0.25, 0.3) is 0 Å². The number of rotatable bonds is 4. The van der Waals surface area contributed by atoms with Crippen LogP contribution in [0.5, 0.6) is 5.75 Å². The number of hydrogen-bond donors (Lipinski definition) is 1. The molecule has 1 aliphatic carbocycles. The zero-order chi connectivity index (χ0) is 13.3. The Bertz CT molecular complexity index is 416. The average molecular weight is 313 g/mol. The van der Waals surface area contributed by atoms with Gasteiger partial charge in [0.05, 0.1) is 11.6 Å². The van der Waals surface area contributed by atoms with Crippen molar-refractivity contribution in [2.75, 3.05) is 21.2 Å². The van der Waals surface area contributed by atoms with E-state index in [2.05, 4.69) is 47.1 Å². The van der Waals surface area contributed by atoms with Crippen molar-refractivity contribution < 1.29 is 4.74 Å². The lowest BCUT2D eigenvalue weighted by Crippen LogP contribution is -2.43. The third-order valence-corrected chi connectivity index (χ3v) is 4.35. The minimum absolute atomic E-state index is 0.388. The smallest absolute Gasteiger partial charge is 0.133 e. The molecule has 3 nitrogen and oxygen atoms in total. The summed E-state index contributed by atoms with van der Waals surface area (Å²) in [5, 5.41) is 0. The van der Waals surface area contributed by atoms with E-state index in [9.17, 15) is 0 Å². The molecular formula is C14H21BrN2O. The van der Waals surface area contributed by atoms with Gasteiger partial charge in [0.15, 0.2) is 0 Å². The Hall–Kier alpha value is -0.580. The molecule has 1 fully saturated rings. The Morgan fingerprint density at radius 3 is 2.50 bits per heavy atom. The highest BCUT2D eigenvalue weighted by Gasteiger charge is 2.35. The van der Waals surface area contributed by atoms with Gasteiger partial charge in [-0.2, -0.15) is 0 Å². The monoisotopic (exact) mass is 312 g/mol. The van der Waals surface area contributed by atoms with Gasteiger partial charge in [-0.3, -0.25) is 0 Å². The fraction of sp³-hybridized carbons (Fsp3) is 0.571. The van der Waals surface area contributed by atoms with Gasteiger partial charge in [-0.25, -0.2) is 0 Å². The zero-order valence-electron chi connectivity index (χ0n) is 11.2. The van der Waals surface area contributed by atoms with Crippen LogP contribution >= 0.6 is 15.9 Å². The topological polar surface area (TPSA) is 38.5 Å². The standard InChI is InChI=1S/C14H21BrN2O/c1-17(2)14(10-6-11(16)7-10)9-4-5-13(18-3)12(15)8-9/h4-5,8,10-11,14H,6-7,16H2,1-3H3. The molecule has 4 heteroatoms. The summed E-state index contributed by atoms with van der Waals surface area (Å²) >= 11 is 3.56. The predicted molar refractivity (Wildman–Crippen MR) is 77.8 cm³/mol. The highest BCUT2D eigenvalue weighted by atomic mass is 79.9. The molecule has 0 bridgehead atoms. The summed E-state index contributed by atoms with van der Waals surface area (Å²) in [6, 6.07) is 7.16. The summed E-state index contributed by atoms with van der Waals surface area (Å²) in [5.41, 5.74) is 7.24. The molecule has 0 spiro atoms. The van der Waals surface area contributed by atoms with Gasteiger partial charge in [0.25, 0.3) is 0 Å². The van der Waals surface area contributed by atoms with Crippen molar-refractivity contribution in [3.8, 4) is 5.75 Å². The second kappa shape index (κ2) is 5.59. The number of nitrogens with two attached hydrogens (primary N) is 1. The second-order valence-corrected chi connectivity index (χ2v) is 6.15. The van der Waals surface area contributed by atoms with Gasteiger partial charge in [-0.1, -0.05) is 6.07 Å². The maximum Gasteiger partial charge on any atom is 0.133 e. The van der Waals surface area contributed by atoms with Gasteiger partial charge in [0.1, 0.15) is 5.75 Å². The van der Waals surface area contributed by atoms with Crippen LogP contribution in [0.2, 0.25) is 0 Å². The van der Waals surface area contributed by atoms with Gasteiger partial charge in [0.2, 0.25) is 0 Å². The number of halogens is 1. The van der Waals surface area contributed by atoms with E-state index in [1.54, 1.807) is 7.11 Å². The largest absolute Gasteiger partial charge is 0.496 e. The molecule has 0 heterocycles. The summed E-state index contributed by atoms with van der Waals surface area (Å²) < 4.78 is 6.29. The highest BCUT2D eigenvalue weighted by molar-refractivity contribution is 9.10. The fourth-order valence-corrected chi connectivity index (χ4v) is 3.38. The van der Waals surface area contributed by atoms with Gasteiger partial charge < -0.3 is 15.4 Å². The van der Waals surface area contributed by atoms with Gasteiger partial charge in [0, 0.05) is 12.1 Å². The summed E-state index contributed by atoms with van der Waals surface area (Å²) in [7, 11) is 5.95. The summed E-state index contributed by atoms with van der Waals surface area (Å²) in [4.78, 5) is 2.28. The summed E-state index contributed by atoms with van der Waals surface area (Å²) in [6.07, 6.45) is 2.24. The number of nitrogens with zero attached hydrogens (tertiary/aromatic N) is 1.